The zero-order valence-corrected chi connectivity index (χ0v) is 14.0. The van der Waals surface area contributed by atoms with Gasteiger partial charge in [-0.05, 0) is 49.7 Å². The van der Waals surface area contributed by atoms with Crippen molar-refractivity contribution in [3.63, 3.8) is 0 Å². The summed E-state index contributed by atoms with van der Waals surface area (Å²) in [4.78, 5) is 4.46. The number of halogens is 4. The second kappa shape index (κ2) is 6.13. The molecule has 0 spiro atoms. The molecule has 0 fully saturated rings. The molecule has 0 atom stereocenters. The van der Waals surface area contributed by atoms with Crippen molar-refractivity contribution in [3.05, 3.63) is 64.4 Å². The third-order valence-corrected chi connectivity index (χ3v) is 4.13. The van der Waals surface area contributed by atoms with Gasteiger partial charge in [0, 0.05) is 17.5 Å². The number of hydrogen-bond acceptors (Lipinski definition) is 1. The first kappa shape index (κ1) is 16.8. The second-order valence-corrected chi connectivity index (χ2v) is 6.43. The standard InChI is InChI=1S/C18H16ClF3N2/c1-11(2)24-16-8-5-13(18(20,21)22)10-15(16)23-17(24)9-12-3-6-14(19)7-4-12/h3-8,10-11H,9H2,1-2H3. The van der Waals surface area contributed by atoms with E-state index in [0.717, 1.165) is 23.5 Å². The Morgan fingerprint density at radius 2 is 1.75 bits per heavy atom. The maximum Gasteiger partial charge on any atom is 0.416 e. The summed E-state index contributed by atoms with van der Waals surface area (Å²) in [6, 6.07) is 11.2. The number of hydrogen-bond donors (Lipinski definition) is 0. The Bertz CT molecular complexity index is 864. The van der Waals surface area contributed by atoms with Crippen LogP contribution in [0.4, 0.5) is 13.2 Å². The van der Waals surface area contributed by atoms with Gasteiger partial charge in [-0.15, -0.1) is 0 Å². The number of alkyl halides is 3. The first-order valence-corrected chi connectivity index (χ1v) is 7.96. The molecule has 0 aliphatic heterocycles. The lowest BCUT2D eigenvalue weighted by atomic mass is 10.1. The molecule has 1 heterocycles. The Hall–Kier alpha value is -2.01. The molecule has 1 aromatic heterocycles. The van der Waals surface area contributed by atoms with Crippen LogP contribution in [0.25, 0.3) is 11.0 Å². The Balaban J connectivity index is 2.09. The van der Waals surface area contributed by atoms with E-state index >= 15 is 0 Å². The molecule has 0 radical (unpaired) electrons. The second-order valence-electron chi connectivity index (χ2n) is 6.00. The highest BCUT2D eigenvalue weighted by atomic mass is 35.5. The summed E-state index contributed by atoms with van der Waals surface area (Å²) < 4.78 is 40.7. The lowest BCUT2D eigenvalue weighted by Gasteiger charge is -2.13. The molecule has 126 valence electrons. The van der Waals surface area contributed by atoms with Crippen LogP contribution in [0.1, 0.15) is 36.8 Å². The molecule has 0 N–H and O–H groups in total. The van der Waals surface area contributed by atoms with Gasteiger partial charge in [-0.3, -0.25) is 0 Å². The minimum absolute atomic E-state index is 0.0917. The Morgan fingerprint density at radius 3 is 2.33 bits per heavy atom. The van der Waals surface area contributed by atoms with Crippen LogP contribution in [0.2, 0.25) is 5.02 Å². The number of imidazole rings is 1. The van der Waals surface area contributed by atoms with E-state index in [-0.39, 0.29) is 6.04 Å². The summed E-state index contributed by atoms with van der Waals surface area (Å²) in [5, 5.41) is 0.644. The topological polar surface area (TPSA) is 17.8 Å². The molecule has 2 nitrogen and oxygen atoms in total. The SMILES string of the molecule is CC(C)n1c(Cc2ccc(Cl)cc2)nc2cc(C(F)(F)F)ccc21. The Morgan fingerprint density at radius 1 is 1.08 bits per heavy atom. The van der Waals surface area contributed by atoms with Gasteiger partial charge >= 0.3 is 6.18 Å². The van der Waals surface area contributed by atoms with Crippen molar-refractivity contribution >= 4 is 22.6 Å². The minimum Gasteiger partial charge on any atom is -0.325 e. The first-order chi connectivity index (χ1) is 11.3. The van der Waals surface area contributed by atoms with Crippen LogP contribution >= 0.6 is 11.6 Å². The summed E-state index contributed by atoms with van der Waals surface area (Å²) >= 11 is 5.89. The zero-order valence-electron chi connectivity index (χ0n) is 13.2. The highest BCUT2D eigenvalue weighted by Crippen LogP contribution is 2.32. The molecule has 6 heteroatoms. The Labute approximate surface area is 142 Å². The van der Waals surface area contributed by atoms with Crippen LogP contribution in [-0.4, -0.2) is 9.55 Å². The van der Waals surface area contributed by atoms with Crippen molar-refractivity contribution in [2.75, 3.05) is 0 Å². The maximum absolute atomic E-state index is 12.9. The van der Waals surface area contributed by atoms with Crippen LogP contribution in [0.15, 0.2) is 42.5 Å². The normalized spacial score (nSPS) is 12.3. The number of fused-ring (bicyclic) bond motifs is 1. The van der Waals surface area contributed by atoms with E-state index in [0.29, 0.717) is 22.5 Å². The fraction of sp³-hybridized carbons (Fsp3) is 0.278. The van der Waals surface area contributed by atoms with Gasteiger partial charge in [0.05, 0.1) is 16.6 Å². The van der Waals surface area contributed by atoms with Gasteiger partial charge in [0.15, 0.2) is 0 Å². The van der Waals surface area contributed by atoms with Gasteiger partial charge in [-0.25, -0.2) is 4.98 Å². The molecule has 0 unspecified atom stereocenters. The van der Waals surface area contributed by atoms with Gasteiger partial charge in [0.2, 0.25) is 0 Å². The van der Waals surface area contributed by atoms with E-state index in [2.05, 4.69) is 4.98 Å². The number of aromatic nitrogens is 2. The van der Waals surface area contributed by atoms with E-state index in [9.17, 15) is 13.2 Å². The summed E-state index contributed by atoms with van der Waals surface area (Å²) in [5.41, 5.74) is 1.40. The van der Waals surface area contributed by atoms with E-state index in [1.807, 2.05) is 30.5 Å². The summed E-state index contributed by atoms with van der Waals surface area (Å²) in [6.45, 7) is 3.98. The maximum atomic E-state index is 12.9. The highest BCUT2D eigenvalue weighted by molar-refractivity contribution is 6.30. The number of rotatable bonds is 3. The van der Waals surface area contributed by atoms with E-state index in [1.54, 1.807) is 12.1 Å². The van der Waals surface area contributed by atoms with Crippen molar-refractivity contribution in [2.45, 2.75) is 32.5 Å². The first-order valence-electron chi connectivity index (χ1n) is 7.58. The highest BCUT2D eigenvalue weighted by Gasteiger charge is 2.31. The van der Waals surface area contributed by atoms with Crippen molar-refractivity contribution in [3.8, 4) is 0 Å². The van der Waals surface area contributed by atoms with Gasteiger partial charge < -0.3 is 4.57 Å². The molecule has 0 saturated heterocycles. The van der Waals surface area contributed by atoms with Crippen molar-refractivity contribution in [2.24, 2.45) is 0 Å². The lowest BCUT2D eigenvalue weighted by Crippen LogP contribution is -2.07. The molecule has 0 amide bonds. The number of nitrogens with zero attached hydrogens (tertiary/aromatic N) is 2. The fourth-order valence-corrected chi connectivity index (χ4v) is 2.94. The fourth-order valence-electron chi connectivity index (χ4n) is 2.81. The van der Waals surface area contributed by atoms with Crippen LogP contribution in [0.3, 0.4) is 0 Å². The molecule has 2 aromatic carbocycles. The van der Waals surface area contributed by atoms with E-state index < -0.39 is 11.7 Å². The predicted molar refractivity (Wildman–Crippen MR) is 89.4 cm³/mol. The monoisotopic (exact) mass is 352 g/mol. The van der Waals surface area contributed by atoms with Gasteiger partial charge in [-0.2, -0.15) is 13.2 Å². The van der Waals surface area contributed by atoms with Gasteiger partial charge in [-0.1, -0.05) is 23.7 Å². The molecular formula is C18H16ClF3N2. The average Bonchev–Trinajstić information content (AvgIpc) is 2.85. The molecule has 3 aromatic rings. The predicted octanol–water partition coefficient (Wildman–Crippen LogP) is 5.88. The zero-order chi connectivity index (χ0) is 17.5. The molecule has 0 saturated carbocycles. The molecule has 24 heavy (non-hydrogen) atoms. The van der Waals surface area contributed by atoms with Crippen molar-refractivity contribution < 1.29 is 13.2 Å². The molecular weight excluding hydrogens is 337 g/mol. The quantitative estimate of drug-likeness (QED) is 0.575. The van der Waals surface area contributed by atoms with Crippen LogP contribution in [-0.2, 0) is 12.6 Å². The lowest BCUT2D eigenvalue weighted by molar-refractivity contribution is -0.137. The summed E-state index contributed by atoms with van der Waals surface area (Å²) in [5.74, 6) is 0.738. The summed E-state index contributed by atoms with van der Waals surface area (Å²) in [6.07, 6.45) is -3.84. The van der Waals surface area contributed by atoms with Crippen LogP contribution in [0, 0.1) is 0 Å². The Kier molecular flexibility index (Phi) is 4.30. The van der Waals surface area contributed by atoms with Crippen molar-refractivity contribution in [1.29, 1.82) is 0 Å². The van der Waals surface area contributed by atoms with E-state index in [4.69, 9.17) is 11.6 Å². The van der Waals surface area contributed by atoms with Gasteiger partial charge in [0.25, 0.3) is 0 Å². The third kappa shape index (κ3) is 3.26. The number of benzene rings is 2. The molecule has 0 aliphatic carbocycles. The van der Waals surface area contributed by atoms with Crippen molar-refractivity contribution in [1.82, 2.24) is 9.55 Å². The molecule has 0 bridgehead atoms. The largest absolute Gasteiger partial charge is 0.416 e. The molecule has 0 aliphatic rings. The summed E-state index contributed by atoms with van der Waals surface area (Å²) in [7, 11) is 0. The molecule has 3 rings (SSSR count). The smallest absolute Gasteiger partial charge is 0.325 e. The van der Waals surface area contributed by atoms with Gasteiger partial charge in [0.1, 0.15) is 5.82 Å². The van der Waals surface area contributed by atoms with Crippen LogP contribution in [0.5, 0.6) is 0 Å². The third-order valence-electron chi connectivity index (χ3n) is 3.88. The van der Waals surface area contributed by atoms with Crippen LogP contribution < -0.4 is 0 Å². The van der Waals surface area contributed by atoms with E-state index in [1.165, 1.54) is 6.07 Å². The minimum atomic E-state index is -4.37. The average molecular weight is 353 g/mol.